The van der Waals surface area contributed by atoms with Gasteiger partial charge in [-0.05, 0) is 31.0 Å². The smallest absolute Gasteiger partial charge is 0.325 e. The molecule has 0 aliphatic rings. The highest BCUT2D eigenvalue weighted by Gasteiger charge is 2.30. The van der Waals surface area contributed by atoms with Crippen molar-refractivity contribution in [2.45, 2.75) is 33.7 Å². The molecule has 1 aromatic rings. The van der Waals surface area contributed by atoms with E-state index in [1.807, 2.05) is 13.8 Å². The van der Waals surface area contributed by atoms with E-state index in [9.17, 15) is 14.0 Å². The van der Waals surface area contributed by atoms with Crippen molar-refractivity contribution in [1.82, 2.24) is 4.90 Å². The molecule has 22 heavy (non-hydrogen) atoms. The highest BCUT2D eigenvalue weighted by atomic mass is 19.1. The number of halogens is 1. The number of ether oxygens (including phenoxy) is 1. The average Bonchev–Trinajstić information content (AvgIpc) is 2.41. The first-order chi connectivity index (χ1) is 10.3. The number of esters is 1. The zero-order valence-corrected chi connectivity index (χ0v) is 13.4. The Morgan fingerprint density at radius 2 is 2.00 bits per heavy atom. The summed E-state index contributed by atoms with van der Waals surface area (Å²) in [6, 6.07) is 3.63. The van der Waals surface area contributed by atoms with Crippen LogP contribution in [0.1, 0.15) is 39.3 Å². The summed E-state index contributed by atoms with van der Waals surface area (Å²) in [6.07, 6.45) is 0. The molecule has 1 unspecified atom stereocenters. The van der Waals surface area contributed by atoms with E-state index in [0.717, 1.165) is 0 Å². The maximum atomic E-state index is 14.2. The number of hydrogen-bond donors (Lipinski definition) is 1. The fourth-order valence-corrected chi connectivity index (χ4v) is 2.43. The summed E-state index contributed by atoms with van der Waals surface area (Å²) in [5.41, 5.74) is 6.43. The summed E-state index contributed by atoms with van der Waals surface area (Å²) in [4.78, 5) is 25.0. The number of nitrogens with zero attached hydrogens (tertiary/aromatic N) is 1. The van der Waals surface area contributed by atoms with Crippen molar-refractivity contribution in [3.63, 3.8) is 0 Å². The van der Waals surface area contributed by atoms with Gasteiger partial charge >= 0.3 is 5.97 Å². The summed E-state index contributed by atoms with van der Waals surface area (Å²) < 4.78 is 19.1. The van der Waals surface area contributed by atoms with E-state index in [1.165, 1.54) is 30.0 Å². The quantitative estimate of drug-likeness (QED) is 0.647. The number of rotatable bonds is 6. The minimum absolute atomic E-state index is 0.102. The van der Waals surface area contributed by atoms with Gasteiger partial charge in [-0.2, -0.15) is 0 Å². The summed E-state index contributed by atoms with van der Waals surface area (Å²) in [6.45, 7) is 6.75. The Balaban J connectivity index is 3.22. The zero-order valence-electron chi connectivity index (χ0n) is 13.4. The SMILES string of the molecule is CCOC(=O)CN(C(C)=O)C(c1cc(N)ccc1F)C(C)C. The Morgan fingerprint density at radius 1 is 1.36 bits per heavy atom. The molecule has 0 spiro atoms. The van der Waals surface area contributed by atoms with Crippen molar-refractivity contribution in [3.05, 3.63) is 29.6 Å². The van der Waals surface area contributed by atoms with Crippen LogP contribution in [-0.2, 0) is 14.3 Å². The second-order valence-electron chi connectivity index (χ2n) is 5.42. The van der Waals surface area contributed by atoms with E-state index in [1.54, 1.807) is 6.92 Å². The molecule has 0 aliphatic carbocycles. The van der Waals surface area contributed by atoms with Crippen LogP contribution >= 0.6 is 0 Å². The van der Waals surface area contributed by atoms with Gasteiger partial charge in [-0.1, -0.05) is 13.8 Å². The van der Waals surface area contributed by atoms with Crippen molar-refractivity contribution < 1.29 is 18.7 Å². The van der Waals surface area contributed by atoms with Gasteiger partial charge < -0.3 is 15.4 Å². The summed E-state index contributed by atoms with van der Waals surface area (Å²) in [5, 5.41) is 0. The molecule has 1 aromatic carbocycles. The van der Waals surface area contributed by atoms with Crippen LogP contribution in [0.3, 0.4) is 0 Å². The fraction of sp³-hybridized carbons (Fsp3) is 0.500. The van der Waals surface area contributed by atoms with Crippen molar-refractivity contribution >= 4 is 17.6 Å². The van der Waals surface area contributed by atoms with E-state index in [-0.39, 0.29) is 25.0 Å². The highest BCUT2D eigenvalue weighted by molar-refractivity contribution is 5.81. The normalized spacial score (nSPS) is 12.1. The van der Waals surface area contributed by atoms with Gasteiger partial charge in [-0.25, -0.2) is 4.39 Å². The molecule has 0 bridgehead atoms. The van der Waals surface area contributed by atoms with Crippen LogP contribution in [-0.4, -0.2) is 29.9 Å². The number of anilines is 1. The lowest BCUT2D eigenvalue weighted by molar-refractivity contribution is -0.150. The van der Waals surface area contributed by atoms with Crippen LogP contribution in [0.2, 0.25) is 0 Å². The van der Waals surface area contributed by atoms with Crippen molar-refractivity contribution in [2.24, 2.45) is 5.92 Å². The monoisotopic (exact) mass is 310 g/mol. The van der Waals surface area contributed by atoms with Gasteiger partial charge in [0.1, 0.15) is 12.4 Å². The molecule has 0 radical (unpaired) electrons. The van der Waals surface area contributed by atoms with E-state index < -0.39 is 17.8 Å². The molecule has 0 saturated heterocycles. The third kappa shape index (κ3) is 4.44. The highest BCUT2D eigenvalue weighted by Crippen LogP contribution is 2.31. The van der Waals surface area contributed by atoms with Crippen molar-refractivity contribution in [1.29, 1.82) is 0 Å². The number of amides is 1. The molecule has 0 heterocycles. The van der Waals surface area contributed by atoms with Crippen LogP contribution in [0.25, 0.3) is 0 Å². The van der Waals surface area contributed by atoms with Gasteiger partial charge in [-0.3, -0.25) is 9.59 Å². The molecular formula is C16H23FN2O3. The van der Waals surface area contributed by atoms with Gasteiger partial charge in [0.05, 0.1) is 12.6 Å². The van der Waals surface area contributed by atoms with Gasteiger partial charge in [0.25, 0.3) is 0 Å². The Labute approximate surface area is 130 Å². The molecule has 2 N–H and O–H groups in total. The van der Waals surface area contributed by atoms with Gasteiger partial charge in [-0.15, -0.1) is 0 Å². The van der Waals surface area contributed by atoms with E-state index in [4.69, 9.17) is 10.5 Å². The third-order valence-corrected chi connectivity index (χ3v) is 3.32. The molecule has 6 heteroatoms. The van der Waals surface area contributed by atoms with Crippen LogP contribution in [0.15, 0.2) is 18.2 Å². The molecule has 1 atom stereocenters. The lowest BCUT2D eigenvalue weighted by Gasteiger charge is -2.33. The Hall–Kier alpha value is -2.11. The van der Waals surface area contributed by atoms with Gasteiger partial charge in [0, 0.05) is 18.2 Å². The first-order valence-corrected chi connectivity index (χ1v) is 7.25. The second kappa shape index (κ2) is 7.77. The van der Waals surface area contributed by atoms with Crippen molar-refractivity contribution in [3.8, 4) is 0 Å². The van der Waals surface area contributed by atoms with Crippen LogP contribution in [0.5, 0.6) is 0 Å². The molecule has 1 amide bonds. The predicted octanol–water partition coefficient (Wildman–Crippen LogP) is 2.52. The number of carbonyl (C=O) groups excluding carboxylic acids is 2. The number of hydrogen-bond acceptors (Lipinski definition) is 4. The largest absolute Gasteiger partial charge is 0.465 e. The van der Waals surface area contributed by atoms with Crippen LogP contribution in [0, 0.1) is 11.7 Å². The molecule has 0 saturated carbocycles. The topological polar surface area (TPSA) is 72.6 Å². The number of carbonyl (C=O) groups is 2. The first-order valence-electron chi connectivity index (χ1n) is 7.25. The Kier molecular flexibility index (Phi) is 6.34. The van der Waals surface area contributed by atoms with Crippen LogP contribution in [0.4, 0.5) is 10.1 Å². The standard InChI is InChI=1S/C16H23FN2O3/c1-5-22-15(21)9-19(11(4)20)16(10(2)3)13-8-12(18)6-7-14(13)17/h6-8,10,16H,5,9,18H2,1-4H3. The van der Waals surface area contributed by atoms with E-state index >= 15 is 0 Å². The summed E-state index contributed by atoms with van der Waals surface area (Å²) in [5.74, 6) is -1.40. The molecule has 0 aliphatic heterocycles. The predicted molar refractivity (Wildman–Crippen MR) is 82.4 cm³/mol. The van der Waals surface area contributed by atoms with E-state index in [0.29, 0.717) is 11.3 Å². The fourth-order valence-electron chi connectivity index (χ4n) is 2.43. The molecule has 0 aromatic heterocycles. The number of nitrogens with two attached hydrogens (primary N) is 1. The minimum Gasteiger partial charge on any atom is -0.465 e. The minimum atomic E-state index is -0.592. The third-order valence-electron chi connectivity index (χ3n) is 3.32. The zero-order chi connectivity index (χ0) is 16.9. The average molecular weight is 310 g/mol. The maximum Gasteiger partial charge on any atom is 0.325 e. The van der Waals surface area contributed by atoms with Gasteiger partial charge in [0.15, 0.2) is 0 Å². The summed E-state index contributed by atoms with van der Waals surface area (Å²) in [7, 11) is 0. The maximum absolute atomic E-state index is 14.2. The molecule has 122 valence electrons. The number of nitrogen functional groups attached to an aromatic ring is 1. The lowest BCUT2D eigenvalue weighted by Crippen LogP contribution is -2.40. The molecule has 5 nitrogen and oxygen atoms in total. The Bertz CT molecular complexity index is 546. The number of benzene rings is 1. The molecule has 0 fully saturated rings. The molecular weight excluding hydrogens is 287 g/mol. The van der Waals surface area contributed by atoms with E-state index in [2.05, 4.69) is 0 Å². The Morgan fingerprint density at radius 3 is 2.50 bits per heavy atom. The molecule has 1 rings (SSSR count). The lowest BCUT2D eigenvalue weighted by atomic mass is 9.93. The van der Waals surface area contributed by atoms with Gasteiger partial charge in [0.2, 0.25) is 5.91 Å². The van der Waals surface area contributed by atoms with Crippen molar-refractivity contribution in [2.75, 3.05) is 18.9 Å². The van der Waals surface area contributed by atoms with Crippen LogP contribution < -0.4 is 5.73 Å². The second-order valence-corrected chi connectivity index (χ2v) is 5.42. The first kappa shape index (κ1) is 17.9. The summed E-state index contributed by atoms with van der Waals surface area (Å²) >= 11 is 0.